The zero-order chi connectivity index (χ0) is 17.6. The van der Waals surface area contributed by atoms with Gasteiger partial charge in [0, 0.05) is 18.5 Å². The number of aromatic nitrogens is 1. The monoisotopic (exact) mass is 358 g/mol. The van der Waals surface area contributed by atoms with Crippen LogP contribution in [0.15, 0.2) is 29.6 Å². The SMILES string of the molecule is COc1ccc(CCC2CCN(C(=O)Cc3csc(C)n3)CC2)cc1. The molecule has 25 heavy (non-hydrogen) atoms. The van der Waals surface area contributed by atoms with E-state index in [0.717, 1.165) is 48.8 Å². The summed E-state index contributed by atoms with van der Waals surface area (Å²) < 4.78 is 5.20. The quantitative estimate of drug-likeness (QED) is 0.787. The molecule has 1 aromatic carbocycles. The number of thiazole rings is 1. The maximum Gasteiger partial charge on any atom is 0.228 e. The number of nitrogens with zero attached hydrogens (tertiary/aromatic N) is 2. The molecule has 0 atom stereocenters. The Kier molecular flexibility index (Phi) is 6.08. The average molecular weight is 359 g/mol. The molecule has 5 heteroatoms. The Morgan fingerprint density at radius 2 is 2.00 bits per heavy atom. The minimum Gasteiger partial charge on any atom is -0.497 e. The van der Waals surface area contributed by atoms with E-state index in [9.17, 15) is 4.79 Å². The van der Waals surface area contributed by atoms with Crippen LogP contribution >= 0.6 is 11.3 Å². The predicted molar refractivity (Wildman–Crippen MR) is 101 cm³/mol. The second-order valence-corrected chi connectivity index (χ2v) is 7.81. The molecular weight excluding hydrogens is 332 g/mol. The molecule has 0 bridgehead atoms. The lowest BCUT2D eigenvalue weighted by Gasteiger charge is -2.32. The van der Waals surface area contributed by atoms with Crippen LogP contribution in [0.4, 0.5) is 0 Å². The topological polar surface area (TPSA) is 42.4 Å². The Morgan fingerprint density at radius 3 is 2.60 bits per heavy atom. The third-order valence-electron chi connectivity index (χ3n) is 4.97. The molecule has 1 aromatic heterocycles. The van der Waals surface area contributed by atoms with Crippen LogP contribution in [-0.2, 0) is 17.6 Å². The number of likely N-dealkylation sites (tertiary alicyclic amines) is 1. The van der Waals surface area contributed by atoms with Crippen LogP contribution in [0.1, 0.15) is 35.5 Å². The van der Waals surface area contributed by atoms with Gasteiger partial charge in [0.15, 0.2) is 0 Å². The van der Waals surface area contributed by atoms with Crippen LogP contribution in [0.5, 0.6) is 5.75 Å². The van der Waals surface area contributed by atoms with Crippen molar-refractivity contribution in [1.29, 1.82) is 0 Å². The van der Waals surface area contributed by atoms with Gasteiger partial charge >= 0.3 is 0 Å². The van der Waals surface area contributed by atoms with E-state index in [-0.39, 0.29) is 5.91 Å². The molecule has 0 aliphatic carbocycles. The van der Waals surface area contributed by atoms with Crippen LogP contribution in [0.25, 0.3) is 0 Å². The number of carbonyl (C=O) groups excluding carboxylic acids is 1. The first-order valence-corrected chi connectivity index (χ1v) is 9.83. The van der Waals surface area contributed by atoms with E-state index in [1.165, 1.54) is 12.0 Å². The average Bonchev–Trinajstić information content (AvgIpc) is 3.05. The van der Waals surface area contributed by atoms with Gasteiger partial charge in [0.05, 0.1) is 24.2 Å². The third kappa shape index (κ3) is 5.05. The number of carbonyl (C=O) groups is 1. The van der Waals surface area contributed by atoms with Crippen LogP contribution < -0.4 is 4.74 Å². The molecule has 2 heterocycles. The van der Waals surface area contributed by atoms with Gasteiger partial charge in [-0.05, 0) is 56.2 Å². The second kappa shape index (κ2) is 8.48. The van der Waals surface area contributed by atoms with Gasteiger partial charge in [0.1, 0.15) is 5.75 Å². The molecule has 0 N–H and O–H groups in total. The summed E-state index contributed by atoms with van der Waals surface area (Å²) in [4.78, 5) is 18.8. The van der Waals surface area contributed by atoms with E-state index < -0.39 is 0 Å². The van der Waals surface area contributed by atoms with Crippen molar-refractivity contribution in [2.24, 2.45) is 5.92 Å². The second-order valence-electron chi connectivity index (χ2n) is 6.75. The van der Waals surface area contributed by atoms with E-state index >= 15 is 0 Å². The highest BCUT2D eigenvalue weighted by Gasteiger charge is 2.23. The van der Waals surface area contributed by atoms with Crippen LogP contribution in [0, 0.1) is 12.8 Å². The summed E-state index contributed by atoms with van der Waals surface area (Å²) in [5.41, 5.74) is 2.27. The van der Waals surface area contributed by atoms with E-state index in [1.54, 1.807) is 18.4 Å². The fourth-order valence-corrected chi connectivity index (χ4v) is 4.00. The summed E-state index contributed by atoms with van der Waals surface area (Å²) in [6.07, 6.45) is 4.96. The van der Waals surface area contributed by atoms with Gasteiger partial charge in [-0.1, -0.05) is 12.1 Å². The molecule has 1 aliphatic rings. The number of hydrogen-bond donors (Lipinski definition) is 0. The van der Waals surface area contributed by atoms with Crippen LogP contribution in [-0.4, -0.2) is 36.0 Å². The van der Waals surface area contributed by atoms with Crippen molar-refractivity contribution in [2.45, 2.75) is 39.0 Å². The van der Waals surface area contributed by atoms with Gasteiger partial charge in [0.25, 0.3) is 0 Å². The minimum atomic E-state index is 0.221. The van der Waals surface area contributed by atoms with Gasteiger partial charge in [-0.3, -0.25) is 4.79 Å². The first kappa shape index (κ1) is 17.9. The molecule has 1 amide bonds. The molecule has 2 aromatic rings. The highest BCUT2D eigenvalue weighted by molar-refractivity contribution is 7.09. The zero-order valence-corrected chi connectivity index (χ0v) is 15.8. The summed E-state index contributed by atoms with van der Waals surface area (Å²) >= 11 is 1.61. The van der Waals surface area contributed by atoms with Gasteiger partial charge in [-0.15, -0.1) is 11.3 Å². The Balaban J connectivity index is 1.41. The lowest BCUT2D eigenvalue weighted by molar-refractivity contribution is -0.131. The summed E-state index contributed by atoms with van der Waals surface area (Å²) in [5, 5.41) is 3.02. The van der Waals surface area contributed by atoms with Crippen molar-refractivity contribution in [3.8, 4) is 5.75 Å². The van der Waals surface area contributed by atoms with E-state index in [2.05, 4.69) is 17.1 Å². The Hall–Kier alpha value is -1.88. The number of amides is 1. The van der Waals surface area contributed by atoms with E-state index in [1.807, 2.05) is 29.3 Å². The molecule has 0 spiro atoms. The summed E-state index contributed by atoms with van der Waals surface area (Å²) in [6, 6.07) is 8.34. The van der Waals surface area contributed by atoms with Crippen molar-refractivity contribution in [3.63, 3.8) is 0 Å². The van der Waals surface area contributed by atoms with Crippen LogP contribution in [0.2, 0.25) is 0 Å². The number of methoxy groups -OCH3 is 1. The summed E-state index contributed by atoms with van der Waals surface area (Å²) in [6.45, 7) is 3.75. The van der Waals surface area contributed by atoms with Crippen LogP contribution in [0.3, 0.4) is 0 Å². The number of aryl methyl sites for hydroxylation is 2. The fourth-order valence-electron chi connectivity index (χ4n) is 3.39. The summed E-state index contributed by atoms with van der Waals surface area (Å²) in [5.74, 6) is 1.84. The molecule has 4 nitrogen and oxygen atoms in total. The number of rotatable bonds is 6. The Morgan fingerprint density at radius 1 is 1.28 bits per heavy atom. The molecule has 0 saturated carbocycles. The lowest BCUT2D eigenvalue weighted by atomic mass is 9.90. The molecule has 0 radical (unpaired) electrons. The fraction of sp³-hybridized carbons (Fsp3) is 0.500. The highest BCUT2D eigenvalue weighted by Crippen LogP contribution is 2.24. The maximum absolute atomic E-state index is 12.4. The number of piperidine rings is 1. The molecule has 0 unspecified atom stereocenters. The van der Waals surface area contributed by atoms with Gasteiger partial charge in [-0.2, -0.15) is 0 Å². The Bertz CT molecular complexity index is 688. The molecule has 3 rings (SSSR count). The third-order valence-corrected chi connectivity index (χ3v) is 5.79. The molecular formula is C20H26N2O2S. The van der Waals surface area contributed by atoms with Crippen molar-refractivity contribution in [3.05, 3.63) is 45.9 Å². The first-order valence-electron chi connectivity index (χ1n) is 8.96. The molecule has 1 fully saturated rings. The molecule has 1 aliphatic heterocycles. The van der Waals surface area contributed by atoms with Gasteiger partial charge in [-0.25, -0.2) is 4.98 Å². The minimum absolute atomic E-state index is 0.221. The lowest BCUT2D eigenvalue weighted by Crippen LogP contribution is -2.39. The summed E-state index contributed by atoms with van der Waals surface area (Å²) in [7, 11) is 1.69. The van der Waals surface area contributed by atoms with Crippen molar-refractivity contribution < 1.29 is 9.53 Å². The highest BCUT2D eigenvalue weighted by atomic mass is 32.1. The van der Waals surface area contributed by atoms with Crippen molar-refractivity contribution in [1.82, 2.24) is 9.88 Å². The molecule has 1 saturated heterocycles. The standard InChI is InChI=1S/C20H26N2O2S/c1-15-21-18(14-25-15)13-20(23)22-11-9-17(10-12-22)4-3-16-5-7-19(24-2)8-6-16/h5-8,14,17H,3-4,9-13H2,1-2H3. The normalized spacial score (nSPS) is 15.4. The molecule has 134 valence electrons. The maximum atomic E-state index is 12.4. The van der Waals surface area contributed by atoms with E-state index in [0.29, 0.717) is 12.3 Å². The number of hydrogen-bond acceptors (Lipinski definition) is 4. The van der Waals surface area contributed by atoms with Gasteiger partial charge < -0.3 is 9.64 Å². The number of ether oxygens (including phenoxy) is 1. The predicted octanol–water partition coefficient (Wildman–Crippen LogP) is 3.87. The van der Waals surface area contributed by atoms with Crippen molar-refractivity contribution >= 4 is 17.2 Å². The zero-order valence-electron chi connectivity index (χ0n) is 15.0. The Labute approximate surface area is 153 Å². The first-order chi connectivity index (χ1) is 12.1. The van der Waals surface area contributed by atoms with Gasteiger partial charge in [0.2, 0.25) is 5.91 Å². The van der Waals surface area contributed by atoms with Crippen molar-refractivity contribution in [2.75, 3.05) is 20.2 Å². The van der Waals surface area contributed by atoms with E-state index in [4.69, 9.17) is 4.74 Å². The largest absolute Gasteiger partial charge is 0.497 e. The number of benzene rings is 1. The smallest absolute Gasteiger partial charge is 0.228 e.